The van der Waals surface area contributed by atoms with Crippen LogP contribution in [0.4, 0.5) is 5.69 Å². The van der Waals surface area contributed by atoms with Crippen LogP contribution in [0.2, 0.25) is 0 Å². The predicted molar refractivity (Wildman–Crippen MR) is 104 cm³/mol. The molecule has 0 saturated heterocycles. The number of hydrogen-bond acceptors (Lipinski definition) is 5. The molecule has 0 atom stereocenters. The average Bonchev–Trinajstić information content (AvgIpc) is 3.06. The van der Waals surface area contributed by atoms with Crippen molar-refractivity contribution in [2.45, 2.75) is 11.8 Å². The molecule has 2 aromatic carbocycles. The lowest BCUT2D eigenvalue weighted by molar-refractivity contribution is 0.0703. The van der Waals surface area contributed by atoms with Crippen LogP contribution in [0, 0.1) is 0 Å². The van der Waals surface area contributed by atoms with E-state index in [0.29, 0.717) is 10.4 Å². The lowest BCUT2D eigenvalue weighted by Crippen LogP contribution is -2.14. The molecule has 0 aliphatic carbocycles. The molecule has 3 rings (SSSR count). The number of carboxylic acid groups (broad SMARTS) is 1. The van der Waals surface area contributed by atoms with Crippen LogP contribution in [-0.2, 0) is 10.0 Å². The van der Waals surface area contributed by atoms with Gasteiger partial charge in [-0.15, -0.1) is 11.3 Å². The van der Waals surface area contributed by atoms with Gasteiger partial charge in [0.1, 0.15) is 4.88 Å². The number of thiophene rings is 1. The molecule has 0 bridgehead atoms. The number of hydrogen-bond donors (Lipinski definition) is 2. The SMILES string of the molecule is CC(=O)c1ccc(S(=O)(=O)Nc2cc(-c3ccccc3)sc2C(=O)O)cc1. The zero-order valence-corrected chi connectivity index (χ0v) is 15.8. The van der Waals surface area contributed by atoms with E-state index < -0.39 is 16.0 Å². The molecule has 0 unspecified atom stereocenters. The maximum absolute atomic E-state index is 12.6. The van der Waals surface area contributed by atoms with Crippen LogP contribution in [0.1, 0.15) is 27.0 Å². The molecule has 0 amide bonds. The predicted octanol–water partition coefficient (Wildman–Crippen LogP) is 4.12. The van der Waals surface area contributed by atoms with E-state index in [1.54, 1.807) is 0 Å². The summed E-state index contributed by atoms with van der Waals surface area (Å²) in [5.41, 5.74) is 1.19. The zero-order valence-electron chi connectivity index (χ0n) is 14.2. The van der Waals surface area contributed by atoms with Crippen molar-refractivity contribution in [2.24, 2.45) is 0 Å². The topological polar surface area (TPSA) is 101 Å². The number of aromatic carboxylic acids is 1. The largest absolute Gasteiger partial charge is 0.477 e. The Morgan fingerprint density at radius 2 is 1.63 bits per heavy atom. The normalized spacial score (nSPS) is 11.1. The molecule has 0 saturated carbocycles. The summed E-state index contributed by atoms with van der Waals surface area (Å²) in [7, 11) is -4.00. The van der Waals surface area contributed by atoms with E-state index in [2.05, 4.69) is 4.72 Å². The van der Waals surface area contributed by atoms with E-state index >= 15 is 0 Å². The number of anilines is 1. The number of sulfonamides is 1. The summed E-state index contributed by atoms with van der Waals surface area (Å²) in [5, 5.41) is 9.43. The number of carbonyl (C=O) groups is 2. The second-order valence-corrected chi connectivity index (χ2v) is 8.45. The Bertz CT molecular complexity index is 1100. The van der Waals surface area contributed by atoms with Crippen molar-refractivity contribution >= 4 is 38.8 Å². The molecule has 0 aliphatic heterocycles. The lowest BCUT2D eigenvalue weighted by Gasteiger charge is -2.08. The van der Waals surface area contributed by atoms with Gasteiger partial charge in [-0.3, -0.25) is 9.52 Å². The van der Waals surface area contributed by atoms with Crippen molar-refractivity contribution in [3.8, 4) is 10.4 Å². The standard InChI is InChI=1S/C19H15NO5S2/c1-12(21)13-7-9-15(10-8-13)27(24,25)20-16-11-17(26-18(16)19(22)23)14-5-3-2-4-6-14/h2-11,20H,1H3,(H,22,23). The van der Waals surface area contributed by atoms with Gasteiger partial charge in [-0.25, -0.2) is 13.2 Å². The van der Waals surface area contributed by atoms with Crippen LogP contribution in [0.25, 0.3) is 10.4 Å². The van der Waals surface area contributed by atoms with Crippen molar-refractivity contribution in [3.05, 3.63) is 71.1 Å². The second-order valence-electron chi connectivity index (χ2n) is 5.71. The minimum atomic E-state index is -4.00. The molecule has 138 valence electrons. The third-order valence-corrected chi connectivity index (χ3v) is 6.35. The maximum atomic E-state index is 12.6. The Hall–Kier alpha value is -2.97. The van der Waals surface area contributed by atoms with Gasteiger partial charge in [0.15, 0.2) is 5.78 Å². The fraction of sp³-hybridized carbons (Fsp3) is 0.0526. The molecular formula is C19H15NO5S2. The van der Waals surface area contributed by atoms with Gasteiger partial charge in [0.25, 0.3) is 10.0 Å². The molecule has 0 radical (unpaired) electrons. The Morgan fingerprint density at radius 1 is 1.00 bits per heavy atom. The first-order valence-corrected chi connectivity index (χ1v) is 10.1. The minimum Gasteiger partial charge on any atom is -0.477 e. The number of carbonyl (C=O) groups excluding carboxylic acids is 1. The summed E-state index contributed by atoms with van der Waals surface area (Å²) in [5.74, 6) is -1.39. The quantitative estimate of drug-likeness (QED) is 0.605. The van der Waals surface area contributed by atoms with Crippen LogP contribution in [0.5, 0.6) is 0 Å². The van der Waals surface area contributed by atoms with E-state index in [1.807, 2.05) is 30.3 Å². The molecule has 6 nitrogen and oxygen atoms in total. The third-order valence-electron chi connectivity index (χ3n) is 3.80. The van der Waals surface area contributed by atoms with Gasteiger partial charge in [-0.05, 0) is 30.7 Å². The van der Waals surface area contributed by atoms with Gasteiger partial charge in [0.2, 0.25) is 0 Å². The van der Waals surface area contributed by atoms with E-state index in [1.165, 1.54) is 37.3 Å². The van der Waals surface area contributed by atoms with E-state index in [0.717, 1.165) is 16.9 Å². The van der Waals surface area contributed by atoms with E-state index in [4.69, 9.17) is 0 Å². The highest BCUT2D eigenvalue weighted by molar-refractivity contribution is 7.92. The summed E-state index contributed by atoms with van der Waals surface area (Å²) in [6.45, 7) is 1.39. The number of Topliss-reactive ketones (excluding diaryl/α,β-unsaturated/α-hetero) is 1. The molecule has 2 N–H and O–H groups in total. The van der Waals surface area contributed by atoms with Gasteiger partial charge in [0.05, 0.1) is 10.6 Å². The van der Waals surface area contributed by atoms with E-state index in [9.17, 15) is 23.1 Å². The van der Waals surface area contributed by atoms with Crippen molar-refractivity contribution in [2.75, 3.05) is 4.72 Å². The Kier molecular flexibility index (Phi) is 5.11. The number of ketones is 1. The van der Waals surface area contributed by atoms with Gasteiger partial charge in [-0.2, -0.15) is 0 Å². The molecular weight excluding hydrogens is 386 g/mol. The summed E-state index contributed by atoms with van der Waals surface area (Å²) >= 11 is 0.992. The van der Waals surface area contributed by atoms with Crippen molar-refractivity contribution in [1.29, 1.82) is 0 Å². The van der Waals surface area contributed by atoms with Gasteiger partial charge in [-0.1, -0.05) is 42.5 Å². The van der Waals surface area contributed by atoms with Gasteiger partial charge in [0, 0.05) is 10.4 Å². The van der Waals surface area contributed by atoms with Crippen LogP contribution in [-0.4, -0.2) is 25.3 Å². The maximum Gasteiger partial charge on any atom is 0.348 e. The Morgan fingerprint density at radius 3 is 2.19 bits per heavy atom. The average molecular weight is 401 g/mol. The number of carboxylic acids is 1. The van der Waals surface area contributed by atoms with Crippen molar-refractivity contribution in [3.63, 3.8) is 0 Å². The van der Waals surface area contributed by atoms with Crippen LogP contribution < -0.4 is 4.72 Å². The summed E-state index contributed by atoms with van der Waals surface area (Å²) in [6.07, 6.45) is 0. The van der Waals surface area contributed by atoms with Crippen LogP contribution >= 0.6 is 11.3 Å². The van der Waals surface area contributed by atoms with E-state index in [-0.39, 0.29) is 21.2 Å². The number of nitrogens with one attached hydrogen (secondary N) is 1. The molecule has 1 aromatic heterocycles. The Balaban J connectivity index is 1.97. The molecule has 0 fully saturated rings. The minimum absolute atomic E-state index is 0.00185. The summed E-state index contributed by atoms with van der Waals surface area (Å²) in [6, 6.07) is 16.1. The first kappa shape index (κ1) is 18.8. The lowest BCUT2D eigenvalue weighted by atomic mass is 10.2. The van der Waals surface area contributed by atoms with Crippen LogP contribution in [0.3, 0.4) is 0 Å². The highest BCUT2D eigenvalue weighted by Gasteiger charge is 2.22. The molecule has 8 heteroatoms. The molecule has 1 heterocycles. The molecule has 0 aliphatic rings. The van der Waals surface area contributed by atoms with Crippen LogP contribution in [0.15, 0.2) is 65.6 Å². The summed E-state index contributed by atoms with van der Waals surface area (Å²) in [4.78, 5) is 23.4. The molecule has 27 heavy (non-hydrogen) atoms. The first-order chi connectivity index (χ1) is 12.8. The number of rotatable bonds is 6. The number of benzene rings is 2. The second kappa shape index (κ2) is 7.34. The summed E-state index contributed by atoms with van der Waals surface area (Å²) < 4.78 is 27.6. The first-order valence-electron chi connectivity index (χ1n) is 7.84. The van der Waals surface area contributed by atoms with Gasteiger partial charge < -0.3 is 5.11 Å². The fourth-order valence-corrected chi connectivity index (χ4v) is 4.53. The third kappa shape index (κ3) is 4.07. The van der Waals surface area contributed by atoms with Gasteiger partial charge >= 0.3 is 5.97 Å². The smallest absolute Gasteiger partial charge is 0.348 e. The highest BCUT2D eigenvalue weighted by Crippen LogP contribution is 2.35. The zero-order chi connectivity index (χ0) is 19.6. The molecule has 0 spiro atoms. The van der Waals surface area contributed by atoms with Crippen molar-refractivity contribution < 1.29 is 23.1 Å². The molecule has 3 aromatic rings. The fourth-order valence-electron chi connectivity index (χ4n) is 2.44. The Labute approximate surface area is 160 Å². The highest BCUT2D eigenvalue weighted by atomic mass is 32.2. The van der Waals surface area contributed by atoms with Crippen molar-refractivity contribution in [1.82, 2.24) is 0 Å². The monoisotopic (exact) mass is 401 g/mol.